The van der Waals surface area contributed by atoms with Crippen LogP contribution in [0.4, 0.5) is 11.4 Å². The molecule has 1 rings (SSSR count). The monoisotopic (exact) mass is 340 g/mol. The van der Waals surface area contributed by atoms with E-state index in [2.05, 4.69) is 31.9 Å². The van der Waals surface area contributed by atoms with Gasteiger partial charge in [-0.1, -0.05) is 0 Å². The molecule has 9 heteroatoms. The van der Waals surface area contributed by atoms with Crippen molar-refractivity contribution in [3.63, 3.8) is 0 Å². The molecule has 0 aliphatic carbocycles. The van der Waals surface area contributed by atoms with Gasteiger partial charge in [0.2, 0.25) is 5.75 Å². The summed E-state index contributed by atoms with van der Waals surface area (Å²) in [5, 5.41) is 30.4. The van der Waals surface area contributed by atoms with Gasteiger partial charge in [-0.25, -0.2) is 0 Å². The summed E-state index contributed by atoms with van der Waals surface area (Å²) in [6, 6.07) is 0.979. The third kappa shape index (κ3) is 2.07. The first-order valence-corrected chi connectivity index (χ1v) is 4.94. The highest BCUT2D eigenvalue weighted by atomic mass is 79.9. The van der Waals surface area contributed by atoms with E-state index in [0.29, 0.717) is 0 Å². The fourth-order valence-corrected chi connectivity index (χ4v) is 1.89. The van der Waals surface area contributed by atoms with Crippen LogP contribution in [0.25, 0.3) is 0 Å². The van der Waals surface area contributed by atoms with Gasteiger partial charge in [0.25, 0.3) is 5.69 Å². The minimum Gasteiger partial charge on any atom is -0.501 e. The number of nitrogens with zero attached hydrogens (tertiary/aromatic N) is 2. The molecule has 0 aliphatic rings. The molecule has 1 aromatic rings. The zero-order chi connectivity index (χ0) is 11.7. The fourth-order valence-electron chi connectivity index (χ4n) is 0.890. The molecule has 0 fully saturated rings. The summed E-state index contributed by atoms with van der Waals surface area (Å²) < 4.78 is -0.470. The number of phenols is 1. The molecule has 80 valence electrons. The Kier molecular flexibility index (Phi) is 3.25. The van der Waals surface area contributed by atoms with Gasteiger partial charge < -0.3 is 5.11 Å². The summed E-state index contributed by atoms with van der Waals surface area (Å²) in [6.45, 7) is 0. The zero-order valence-electron chi connectivity index (χ0n) is 6.81. The Morgan fingerprint density at radius 3 is 2.13 bits per heavy atom. The molecular weight excluding hydrogens is 340 g/mol. The molecule has 0 saturated carbocycles. The number of halogens is 2. The third-order valence-corrected chi connectivity index (χ3v) is 2.91. The standard InChI is InChI=1S/C6H2Br2N2O5/c7-2-1-3(9(12)13)4(8)5(6(2)11)10(14)15/h1,11H. The lowest BCUT2D eigenvalue weighted by atomic mass is 10.2. The van der Waals surface area contributed by atoms with E-state index in [-0.39, 0.29) is 8.95 Å². The van der Waals surface area contributed by atoms with Crippen LogP contribution in [0.5, 0.6) is 5.75 Å². The number of nitro benzene ring substituents is 2. The molecule has 0 amide bonds. The molecule has 0 aromatic heterocycles. The number of nitro groups is 2. The number of hydrogen-bond acceptors (Lipinski definition) is 5. The Hall–Kier alpha value is -1.22. The van der Waals surface area contributed by atoms with Crippen molar-refractivity contribution in [2.45, 2.75) is 0 Å². The number of benzene rings is 1. The van der Waals surface area contributed by atoms with Crippen molar-refractivity contribution in [2.24, 2.45) is 0 Å². The SMILES string of the molecule is O=[N+]([O-])c1cc(Br)c(O)c([N+](=O)[O-])c1Br. The predicted molar refractivity (Wildman–Crippen MR) is 56.8 cm³/mol. The predicted octanol–water partition coefficient (Wildman–Crippen LogP) is 2.73. The van der Waals surface area contributed by atoms with Gasteiger partial charge in [0.1, 0.15) is 0 Å². The average molecular weight is 342 g/mol. The van der Waals surface area contributed by atoms with Crippen LogP contribution in [-0.2, 0) is 0 Å². The topological polar surface area (TPSA) is 107 Å². The molecule has 1 aromatic carbocycles. The van der Waals surface area contributed by atoms with E-state index in [1.807, 2.05) is 0 Å². The lowest BCUT2D eigenvalue weighted by Gasteiger charge is -2.01. The second-order valence-electron chi connectivity index (χ2n) is 2.40. The lowest BCUT2D eigenvalue weighted by molar-refractivity contribution is -0.396. The van der Waals surface area contributed by atoms with Gasteiger partial charge in [-0.05, 0) is 31.9 Å². The van der Waals surface area contributed by atoms with Gasteiger partial charge in [-0.3, -0.25) is 20.2 Å². The van der Waals surface area contributed by atoms with E-state index >= 15 is 0 Å². The molecule has 0 aliphatic heterocycles. The smallest absolute Gasteiger partial charge is 0.332 e. The van der Waals surface area contributed by atoms with Gasteiger partial charge in [0, 0.05) is 6.07 Å². The Balaban J connectivity index is 3.63. The maximum atomic E-state index is 10.5. The quantitative estimate of drug-likeness (QED) is 0.657. The molecule has 0 atom stereocenters. The summed E-state index contributed by atoms with van der Waals surface area (Å²) in [4.78, 5) is 19.4. The van der Waals surface area contributed by atoms with Crippen LogP contribution in [0.2, 0.25) is 0 Å². The van der Waals surface area contributed by atoms with Gasteiger partial charge >= 0.3 is 5.69 Å². The van der Waals surface area contributed by atoms with E-state index in [4.69, 9.17) is 0 Å². The van der Waals surface area contributed by atoms with Crippen LogP contribution in [0, 0.1) is 20.2 Å². The first-order valence-electron chi connectivity index (χ1n) is 3.36. The molecule has 0 spiro atoms. The number of aromatic hydroxyl groups is 1. The zero-order valence-corrected chi connectivity index (χ0v) is 9.98. The van der Waals surface area contributed by atoms with Gasteiger partial charge in [-0.15, -0.1) is 0 Å². The van der Waals surface area contributed by atoms with Crippen molar-refractivity contribution >= 4 is 43.2 Å². The van der Waals surface area contributed by atoms with Crippen LogP contribution in [0.3, 0.4) is 0 Å². The van der Waals surface area contributed by atoms with Crippen LogP contribution in [0.1, 0.15) is 0 Å². The molecule has 0 bridgehead atoms. The number of hydrogen-bond donors (Lipinski definition) is 1. The highest BCUT2D eigenvalue weighted by molar-refractivity contribution is 9.11. The molecule has 15 heavy (non-hydrogen) atoms. The lowest BCUT2D eigenvalue weighted by Crippen LogP contribution is -1.96. The Bertz CT molecular complexity index is 461. The summed E-state index contributed by atoms with van der Waals surface area (Å²) >= 11 is 5.49. The van der Waals surface area contributed by atoms with Gasteiger partial charge in [0.05, 0.1) is 14.3 Å². The highest BCUT2D eigenvalue weighted by Gasteiger charge is 2.29. The van der Waals surface area contributed by atoms with Gasteiger partial charge in [0.15, 0.2) is 4.47 Å². The van der Waals surface area contributed by atoms with E-state index in [0.717, 1.165) is 6.07 Å². The second kappa shape index (κ2) is 4.11. The minimum atomic E-state index is -0.906. The van der Waals surface area contributed by atoms with Crippen molar-refractivity contribution < 1.29 is 15.0 Å². The molecule has 0 heterocycles. The summed E-state index contributed by atoms with van der Waals surface area (Å²) in [6.07, 6.45) is 0. The first-order chi connectivity index (χ1) is 6.86. The molecule has 0 unspecified atom stereocenters. The Labute approximate surface area is 99.3 Å². The van der Waals surface area contributed by atoms with E-state index in [9.17, 15) is 25.3 Å². The van der Waals surface area contributed by atoms with Crippen molar-refractivity contribution in [1.29, 1.82) is 0 Å². The van der Waals surface area contributed by atoms with Crippen LogP contribution in [0.15, 0.2) is 15.0 Å². The first kappa shape index (κ1) is 11.9. The van der Waals surface area contributed by atoms with E-state index in [1.165, 1.54) is 0 Å². The summed E-state index contributed by atoms with van der Waals surface area (Å²) in [7, 11) is 0. The Morgan fingerprint density at radius 2 is 1.73 bits per heavy atom. The Morgan fingerprint density at radius 1 is 1.20 bits per heavy atom. The molecule has 0 radical (unpaired) electrons. The molecular formula is C6H2Br2N2O5. The number of phenolic OH excluding ortho intramolecular Hbond substituents is 1. The number of rotatable bonds is 2. The maximum absolute atomic E-state index is 10.5. The minimum absolute atomic E-state index is 0.107. The van der Waals surface area contributed by atoms with Gasteiger partial charge in [-0.2, -0.15) is 0 Å². The van der Waals surface area contributed by atoms with Crippen LogP contribution < -0.4 is 0 Å². The molecule has 0 saturated heterocycles. The normalized spacial score (nSPS) is 10.0. The average Bonchev–Trinajstić information content (AvgIpc) is 2.10. The van der Waals surface area contributed by atoms with Crippen LogP contribution >= 0.6 is 31.9 Å². The fraction of sp³-hybridized carbons (Fsp3) is 0. The molecule has 7 nitrogen and oxygen atoms in total. The molecule has 1 N–H and O–H groups in total. The summed E-state index contributed by atoms with van der Waals surface area (Å²) in [5.74, 6) is -0.655. The third-order valence-electron chi connectivity index (χ3n) is 1.53. The van der Waals surface area contributed by atoms with Crippen molar-refractivity contribution in [3.05, 3.63) is 35.2 Å². The van der Waals surface area contributed by atoms with E-state index in [1.54, 1.807) is 0 Å². The summed E-state index contributed by atoms with van der Waals surface area (Å²) in [5.41, 5.74) is -1.23. The highest BCUT2D eigenvalue weighted by Crippen LogP contribution is 2.44. The van der Waals surface area contributed by atoms with Crippen molar-refractivity contribution in [3.8, 4) is 5.75 Å². The van der Waals surface area contributed by atoms with E-state index < -0.39 is 27.0 Å². The van der Waals surface area contributed by atoms with Crippen molar-refractivity contribution in [1.82, 2.24) is 0 Å². The van der Waals surface area contributed by atoms with Crippen molar-refractivity contribution in [2.75, 3.05) is 0 Å². The van der Waals surface area contributed by atoms with Crippen LogP contribution in [-0.4, -0.2) is 15.0 Å². The second-order valence-corrected chi connectivity index (χ2v) is 4.05. The largest absolute Gasteiger partial charge is 0.501 e. The maximum Gasteiger partial charge on any atom is 0.332 e.